The smallest absolute Gasteiger partial charge is 0.193 e. The van der Waals surface area contributed by atoms with Crippen LogP contribution in [0.5, 0.6) is 5.75 Å². The van der Waals surface area contributed by atoms with Gasteiger partial charge in [-0.25, -0.2) is 4.99 Å². The van der Waals surface area contributed by atoms with E-state index in [1.807, 2.05) is 12.1 Å². The Kier molecular flexibility index (Phi) is 9.67. The monoisotopic (exact) mass is 544 g/mol. The first-order valence-electron chi connectivity index (χ1n) is 9.79. The minimum absolute atomic E-state index is 0. The number of nitrogens with zero attached hydrogens (tertiary/aromatic N) is 2. The van der Waals surface area contributed by atoms with Gasteiger partial charge in [-0.3, -0.25) is 4.90 Å². The second-order valence-corrected chi connectivity index (χ2v) is 7.80. The molecule has 1 heterocycles. The Morgan fingerprint density at radius 3 is 2.50 bits per heavy atom. The quantitative estimate of drug-likeness (QED) is 0.318. The summed E-state index contributed by atoms with van der Waals surface area (Å²) in [5.74, 6) is 0.961. The van der Waals surface area contributed by atoms with Crippen LogP contribution in [-0.2, 0) is 17.8 Å². The maximum atomic E-state index is 6.16. The highest BCUT2D eigenvalue weighted by molar-refractivity contribution is 14.0. The van der Waals surface area contributed by atoms with Gasteiger partial charge in [0.1, 0.15) is 5.75 Å². The zero-order chi connectivity index (χ0) is 20.8. The highest BCUT2D eigenvalue weighted by Gasteiger charge is 2.22. The van der Waals surface area contributed by atoms with Crippen LogP contribution in [0.3, 0.4) is 0 Å². The molecular formula is C22H30ClIN4O2. The van der Waals surface area contributed by atoms with Crippen LogP contribution >= 0.6 is 35.6 Å². The highest BCUT2D eigenvalue weighted by atomic mass is 127. The first-order chi connectivity index (χ1) is 13.9. The molecule has 2 unspecified atom stereocenters. The second-order valence-electron chi connectivity index (χ2n) is 7.40. The maximum Gasteiger partial charge on any atom is 0.193 e. The summed E-state index contributed by atoms with van der Waals surface area (Å²) in [4.78, 5) is 6.94. The fourth-order valence-electron chi connectivity index (χ4n) is 3.62. The summed E-state index contributed by atoms with van der Waals surface area (Å²) in [5.41, 5.74) is 9.27. The number of hydrogen-bond donors (Lipinski definition) is 2. The lowest BCUT2D eigenvalue weighted by Crippen LogP contribution is -2.44. The summed E-state index contributed by atoms with van der Waals surface area (Å²) in [6.45, 7) is 7.50. The van der Waals surface area contributed by atoms with Gasteiger partial charge in [0.25, 0.3) is 0 Å². The van der Waals surface area contributed by atoms with E-state index in [0.29, 0.717) is 23.3 Å². The van der Waals surface area contributed by atoms with Crippen molar-refractivity contribution in [3.63, 3.8) is 0 Å². The SMILES string of the molecule is COc1ccc(NC(N)=NCc2ccccc2CN2CC(C)OC(C)C2)cc1Cl.I. The van der Waals surface area contributed by atoms with E-state index in [1.165, 1.54) is 5.56 Å². The van der Waals surface area contributed by atoms with Crippen molar-refractivity contribution in [1.82, 2.24) is 4.90 Å². The molecule has 0 spiro atoms. The molecule has 3 rings (SSSR count). The molecular weight excluding hydrogens is 515 g/mol. The molecule has 0 radical (unpaired) electrons. The van der Waals surface area contributed by atoms with Crippen molar-refractivity contribution in [2.75, 3.05) is 25.5 Å². The average Bonchev–Trinajstić information content (AvgIpc) is 2.67. The number of nitrogens with two attached hydrogens (primary N) is 1. The van der Waals surface area contributed by atoms with Crippen LogP contribution in [0.15, 0.2) is 47.5 Å². The fraction of sp³-hybridized carbons (Fsp3) is 0.409. The van der Waals surface area contributed by atoms with Crippen molar-refractivity contribution in [3.8, 4) is 5.75 Å². The first kappa shape index (κ1) is 24.7. The van der Waals surface area contributed by atoms with Gasteiger partial charge in [-0.1, -0.05) is 35.9 Å². The van der Waals surface area contributed by atoms with Crippen molar-refractivity contribution >= 4 is 47.2 Å². The van der Waals surface area contributed by atoms with Gasteiger partial charge in [0, 0.05) is 25.3 Å². The summed E-state index contributed by atoms with van der Waals surface area (Å²) in [5, 5.41) is 3.60. The van der Waals surface area contributed by atoms with Crippen molar-refractivity contribution in [3.05, 3.63) is 58.6 Å². The molecule has 0 aromatic heterocycles. The number of rotatable bonds is 6. The van der Waals surface area contributed by atoms with Crippen LogP contribution in [-0.4, -0.2) is 43.3 Å². The fourth-order valence-corrected chi connectivity index (χ4v) is 3.88. The van der Waals surface area contributed by atoms with Crippen LogP contribution in [0.4, 0.5) is 5.69 Å². The molecule has 0 bridgehead atoms. The highest BCUT2D eigenvalue weighted by Crippen LogP contribution is 2.27. The Hall–Kier alpha value is -1.55. The molecule has 1 aliphatic heterocycles. The number of methoxy groups -OCH3 is 1. The lowest BCUT2D eigenvalue weighted by molar-refractivity contribution is -0.0705. The van der Waals surface area contributed by atoms with Gasteiger partial charge in [0.2, 0.25) is 0 Å². The van der Waals surface area contributed by atoms with Crippen LogP contribution < -0.4 is 15.8 Å². The molecule has 2 aromatic rings. The van der Waals surface area contributed by atoms with E-state index in [9.17, 15) is 0 Å². The normalized spacial score (nSPS) is 19.8. The van der Waals surface area contributed by atoms with Gasteiger partial charge < -0.3 is 20.5 Å². The Bertz CT molecular complexity index is 855. The molecule has 0 amide bonds. The van der Waals surface area contributed by atoms with E-state index in [1.54, 1.807) is 19.2 Å². The number of guanidine groups is 1. The molecule has 2 aromatic carbocycles. The lowest BCUT2D eigenvalue weighted by atomic mass is 10.1. The van der Waals surface area contributed by atoms with Crippen LogP contribution in [0, 0.1) is 0 Å². The van der Waals surface area contributed by atoms with Gasteiger partial charge >= 0.3 is 0 Å². The van der Waals surface area contributed by atoms with Crippen LogP contribution in [0.1, 0.15) is 25.0 Å². The second kappa shape index (κ2) is 11.7. The Balaban J connectivity index is 0.00000320. The van der Waals surface area contributed by atoms with E-state index in [-0.39, 0.29) is 36.2 Å². The predicted octanol–water partition coefficient (Wildman–Crippen LogP) is 4.50. The van der Waals surface area contributed by atoms with Crippen molar-refractivity contribution in [1.29, 1.82) is 0 Å². The van der Waals surface area contributed by atoms with Crippen molar-refractivity contribution in [2.45, 2.75) is 39.1 Å². The van der Waals surface area contributed by atoms with Crippen LogP contribution in [0.25, 0.3) is 0 Å². The third kappa shape index (κ3) is 7.01. The number of benzene rings is 2. The zero-order valence-corrected chi connectivity index (χ0v) is 20.7. The summed E-state index contributed by atoms with van der Waals surface area (Å²) < 4.78 is 11.0. The van der Waals surface area contributed by atoms with Gasteiger partial charge in [-0.2, -0.15) is 0 Å². The van der Waals surface area contributed by atoms with E-state index >= 15 is 0 Å². The number of anilines is 1. The van der Waals surface area contributed by atoms with E-state index in [0.717, 1.165) is 30.9 Å². The van der Waals surface area contributed by atoms with Gasteiger partial charge in [0.15, 0.2) is 5.96 Å². The number of hydrogen-bond acceptors (Lipinski definition) is 4. The molecule has 1 aliphatic rings. The molecule has 1 saturated heterocycles. The Morgan fingerprint density at radius 2 is 1.87 bits per heavy atom. The Labute approximate surface area is 200 Å². The van der Waals surface area contributed by atoms with Gasteiger partial charge in [0.05, 0.1) is 30.9 Å². The van der Waals surface area contributed by atoms with E-state index in [2.05, 4.69) is 47.3 Å². The van der Waals surface area contributed by atoms with E-state index in [4.69, 9.17) is 26.8 Å². The molecule has 8 heteroatoms. The molecule has 0 aliphatic carbocycles. The molecule has 0 saturated carbocycles. The first-order valence-corrected chi connectivity index (χ1v) is 10.2. The van der Waals surface area contributed by atoms with Gasteiger partial charge in [-0.05, 0) is 43.2 Å². The summed E-state index contributed by atoms with van der Waals surface area (Å²) in [6.07, 6.45) is 0.500. The van der Waals surface area contributed by atoms with Crippen molar-refractivity contribution in [2.24, 2.45) is 10.7 Å². The standard InChI is InChI=1S/C22H29ClN4O2.HI/c1-15-12-27(13-16(2)29-15)14-18-7-5-4-6-17(18)11-25-22(24)26-19-8-9-21(28-3)20(23)10-19;/h4-10,15-16H,11-14H2,1-3H3,(H3,24,25,26);1H. The summed E-state index contributed by atoms with van der Waals surface area (Å²) in [7, 11) is 1.58. The summed E-state index contributed by atoms with van der Waals surface area (Å²) in [6, 6.07) is 13.8. The molecule has 6 nitrogen and oxygen atoms in total. The molecule has 3 N–H and O–H groups in total. The number of ether oxygens (including phenoxy) is 2. The summed E-state index contributed by atoms with van der Waals surface area (Å²) >= 11 is 6.16. The van der Waals surface area contributed by atoms with E-state index < -0.39 is 0 Å². The number of halogens is 2. The number of nitrogens with one attached hydrogen (secondary N) is 1. The third-order valence-corrected chi connectivity index (χ3v) is 5.15. The molecule has 1 fully saturated rings. The predicted molar refractivity (Wildman–Crippen MR) is 134 cm³/mol. The lowest BCUT2D eigenvalue weighted by Gasteiger charge is -2.35. The number of aliphatic imine (C=N–C) groups is 1. The zero-order valence-electron chi connectivity index (χ0n) is 17.6. The van der Waals surface area contributed by atoms with Crippen molar-refractivity contribution < 1.29 is 9.47 Å². The maximum absolute atomic E-state index is 6.16. The molecule has 164 valence electrons. The average molecular weight is 545 g/mol. The molecule has 2 atom stereocenters. The third-order valence-electron chi connectivity index (χ3n) is 4.85. The minimum Gasteiger partial charge on any atom is -0.495 e. The largest absolute Gasteiger partial charge is 0.495 e. The topological polar surface area (TPSA) is 72.1 Å². The Morgan fingerprint density at radius 1 is 1.20 bits per heavy atom. The minimum atomic E-state index is 0. The molecule has 30 heavy (non-hydrogen) atoms. The number of morpholine rings is 1. The van der Waals surface area contributed by atoms with Gasteiger partial charge in [-0.15, -0.1) is 24.0 Å². The van der Waals surface area contributed by atoms with Crippen LogP contribution in [0.2, 0.25) is 5.02 Å².